The number of anilines is 1. The van der Waals surface area contributed by atoms with E-state index in [4.69, 9.17) is 0 Å². The van der Waals surface area contributed by atoms with Crippen LogP contribution in [0, 0.1) is 5.92 Å². The maximum Gasteiger partial charge on any atom is 0.227 e. The maximum atomic E-state index is 12.8. The Bertz CT molecular complexity index is 462. The first-order valence-corrected chi connectivity index (χ1v) is 8.56. The number of benzene rings is 1. The Hall–Kier alpha value is -1.31. The molecule has 1 unspecified atom stereocenters. The second kappa shape index (κ2) is 7.63. The van der Waals surface area contributed by atoms with Gasteiger partial charge in [0.25, 0.3) is 0 Å². The first kappa shape index (κ1) is 16.1. The first-order valence-electron chi connectivity index (χ1n) is 8.56. The van der Waals surface area contributed by atoms with Crippen LogP contribution < -0.4 is 4.90 Å². The third kappa shape index (κ3) is 3.87. The number of hydrogen-bond donors (Lipinski definition) is 0. The number of nitrogens with zero attached hydrogens (tertiary/aromatic N) is 1. The van der Waals surface area contributed by atoms with E-state index in [1.54, 1.807) is 0 Å². The van der Waals surface area contributed by atoms with Crippen molar-refractivity contribution in [3.05, 3.63) is 29.8 Å². The SMILES string of the molecule is CCCC(CCC)CC(=O)N1CCC(C)c2ccccc21. The number of hydrogen-bond acceptors (Lipinski definition) is 1. The molecule has 0 fully saturated rings. The highest BCUT2D eigenvalue weighted by atomic mass is 16.2. The smallest absolute Gasteiger partial charge is 0.227 e. The highest BCUT2D eigenvalue weighted by Gasteiger charge is 2.27. The summed E-state index contributed by atoms with van der Waals surface area (Å²) >= 11 is 0. The topological polar surface area (TPSA) is 20.3 Å². The Morgan fingerprint density at radius 2 is 1.90 bits per heavy atom. The summed E-state index contributed by atoms with van der Waals surface area (Å²) in [6, 6.07) is 8.42. The number of fused-ring (bicyclic) bond motifs is 1. The Kier molecular flexibility index (Phi) is 5.84. The van der Waals surface area contributed by atoms with Crippen molar-refractivity contribution in [1.82, 2.24) is 0 Å². The van der Waals surface area contributed by atoms with Crippen molar-refractivity contribution in [2.24, 2.45) is 5.92 Å². The van der Waals surface area contributed by atoms with E-state index in [9.17, 15) is 4.79 Å². The third-order valence-corrected chi connectivity index (χ3v) is 4.70. The molecule has 1 aromatic rings. The summed E-state index contributed by atoms with van der Waals surface area (Å²) < 4.78 is 0. The molecule has 0 spiro atoms. The third-order valence-electron chi connectivity index (χ3n) is 4.70. The number of rotatable bonds is 6. The van der Waals surface area contributed by atoms with E-state index in [0.717, 1.165) is 18.7 Å². The van der Waals surface area contributed by atoms with Crippen molar-refractivity contribution >= 4 is 11.6 Å². The van der Waals surface area contributed by atoms with Crippen LogP contribution in [0.3, 0.4) is 0 Å². The summed E-state index contributed by atoms with van der Waals surface area (Å²) in [5, 5.41) is 0. The molecule has 116 valence electrons. The van der Waals surface area contributed by atoms with Gasteiger partial charge in [-0.25, -0.2) is 0 Å². The first-order chi connectivity index (χ1) is 10.2. The molecule has 0 radical (unpaired) electrons. The van der Waals surface area contributed by atoms with Crippen LogP contribution >= 0.6 is 0 Å². The highest BCUT2D eigenvalue weighted by molar-refractivity contribution is 5.94. The molecule has 1 aromatic carbocycles. The van der Waals surface area contributed by atoms with Gasteiger partial charge >= 0.3 is 0 Å². The summed E-state index contributed by atoms with van der Waals surface area (Å²) in [6.45, 7) is 7.57. The zero-order chi connectivity index (χ0) is 15.2. The van der Waals surface area contributed by atoms with E-state index < -0.39 is 0 Å². The standard InChI is InChI=1S/C19H29NO/c1-4-8-16(9-5-2)14-19(21)20-13-12-15(3)17-10-6-7-11-18(17)20/h6-7,10-11,15-16H,4-5,8-9,12-14H2,1-3H3. The van der Waals surface area contributed by atoms with Gasteiger partial charge in [0.05, 0.1) is 0 Å². The van der Waals surface area contributed by atoms with E-state index >= 15 is 0 Å². The van der Waals surface area contributed by atoms with Crippen molar-refractivity contribution in [3.63, 3.8) is 0 Å². The molecule has 0 aromatic heterocycles. The average molecular weight is 287 g/mol. The predicted octanol–water partition coefficient (Wildman–Crippen LogP) is 5.13. The molecule has 1 atom stereocenters. The zero-order valence-corrected chi connectivity index (χ0v) is 13.8. The van der Waals surface area contributed by atoms with E-state index in [1.807, 2.05) is 11.0 Å². The minimum atomic E-state index is 0.321. The van der Waals surface area contributed by atoms with Gasteiger partial charge in [-0.05, 0) is 29.9 Å². The van der Waals surface area contributed by atoms with E-state index in [0.29, 0.717) is 24.2 Å². The van der Waals surface area contributed by atoms with Gasteiger partial charge in [0.15, 0.2) is 0 Å². The number of carbonyl (C=O) groups excluding carboxylic acids is 1. The molecule has 1 aliphatic heterocycles. The summed E-state index contributed by atoms with van der Waals surface area (Å²) in [5.41, 5.74) is 2.48. The number of para-hydroxylation sites is 1. The lowest BCUT2D eigenvalue weighted by Gasteiger charge is -2.33. The second-order valence-corrected chi connectivity index (χ2v) is 6.44. The Balaban J connectivity index is 2.11. The molecule has 0 bridgehead atoms. The lowest BCUT2D eigenvalue weighted by molar-refractivity contribution is -0.119. The van der Waals surface area contributed by atoms with Gasteiger partial charge in [0.1, 0.15) is 0 Å². The largest absolute Gasteiger partial charge is 0.312 e. The minimum absolute atomic E-state index is 0.321. The highest BCUT2D eigenvalue weighted by Crippen LogP contribution is 2.35. The summed E-state index contributed by atoms with van der Waals surface area (Å²) in [6.07, 6.45) is 6.48. The lowest BCUT2D eigenvalue weighted by atomic mass is 9.90. The number of amides is 1. The van der Waals surface area contributed by atoms with E-state index in [2.05, 4.69) is 39.0 Å². The van der Waals surface area contributed by atoms with Crippen LogP contribution in [0.5, 0.6) is 0 Å². The van der Waals surface area contributed by atoms with Crippen LogP contribution in [-0.4, -0.2) is 12.5 Å². The van der Waals surface area contributed by atoms with Crippen LogP contribution in [0.1, 0.15) is 70.8 Å². The second-order valence-electron chi connectivity index (χ2n) is 6.44. The molecule has 0 N–H and O–H groups in total. The zero-order valence-electron chi connectivity index (χ0n) is 13.8. The monoisotopic (exact) mass is 287 g/mol. The van der Waals surface area contributed by atoms with Crippen LogP contribution in [0.4, 0.5) is 5.69 Å². The minimum Gasteiger partial charge on any atom is -0.312 e. The quantitative estimate of drug-likeness (QED) is 0.710. The molecular formula is C19H29NO. The molecule has 2 rings (SSSR count). The van der Waals surface area contributed by atoms with Crippen LogP contribution in [0.2, 0.25) is 0 Å². The van der Waals surface area contributed by atoms with E-state index in [-0.39, 0.29) is 0 Å². The molecule has 1 amide bonds. The fourth-order valence-electron chi connectivity index (χ4n) is 3.53. The van der Waals surface area contributed by atoms with Gasteiger partial charge in [-0.15, -0.1) is 0 Å². The molecule has 1 aliphatic rings. The lowest BCUT2D eigenvalue weighted by Crippen LogP contribution is -2.37. The molecule has 21 heavy (non-hydrogen) atoms. The fourth-order valence-corrected chi connectivity index (χ4v) is 3.53. The van der Waals surface area contributed by atoms with Gasteiger partial charge in [-0.1, -0.05) is 64.7 Å². The van der Waals surface area contributed by atoms with Gasteiger partial charge in [-0.2, -0.15) is 0 Å². The van der Waals surface area contributed by atoms with Gasteiger partial charge < -0.3 is 4.90 Å². The Morgan fingerprint density at radius 1 is 1.24 bits per heavy atom. The predicted molar refractivity (Wildman–Crippen MR) is 89.8 cm³/mol. The maximum absolute atomic E-state index is 12.8. The molecule has 0 aliphatic carbocycles. The van der Waals surface area contributed by atoms with Crippen molar-refractivity contribution in [3.8, 4) is 0 Å². The number of carbonyl (C=O) groups is 1. The molecule has 2 heteroatoms. The van der Waals surface area contributed by atoms with Crippen molar-refractivity contribution in [2.45, 2.75) is 65.2 Å². The van der Waals surface area contributed by atoms with Gasteiger partial charge in [0.2, 0.25) is 5.91 Å². The Morgan fingerprint density at radius 3 is 2.57 bits per heavy atom. The fraction of sp³-hybridized carbons (Fsp3) is 0.632. The van der Waals surface area contributed by atoms with Crippen molar-refractivity contribution in [1.29, 1.82) is 0 Å². The van der Waals surface area contributed by atoms with Gasteiger partial charge in [-0.3, -0.25) is 4.79 Å². The van der Waals surface area contributed by atoms with Crippen LogP contribution in [-0.2, 0) is 4.79 Å². The van der Waals surface area contributed by atoms with Crippen LogP contribution in [0.15, 0.2) is 24.3 Å². The van der Waals surface area contributed by atoms with Gasteiger partial charge in [0, 0.05) is 18.7 Å². The molecular weight excluding hydrogens is 258 g/mol. The summed E-state index contributed by atoms with van der Waals surface area (Å²) in [5.74, 6) is 1.44. The summed E-state index contributed by atoms with van der Waals surface area (Å²) in [4.78, 5) is 14.8. The van der Waals surface area contributed by atoms with Crippen molar-refractivity contribution < 1.29 is 4.79 Å². The van der Waals surface area contributed by atoms with E-state index in [1.165, 1.54) is 31.2 Å². The molecule has 0 saturated heterocycles. The summed E-state index contributed by atoms with van der Waals surface area (Å²) in [7, 11) is 0. The average Bonchev–Trinajstić information content (AvgIpc) is 2.48. The van der Waals surface area contributed by atoms with Crippen LogP contribution in [0.25, 0.3) is 0 Å². The molecule has 0 saturated carbocycles. The molecule has 1 heterocycles. The normalized spacial score (nSPS) is 17.9. The Labute approximate surface area is 129 Å². The van der Waals surface area contributed by atoms with Crippen molar-refractivity contribution in [2.75, 3.05) is 11.4 Å². The molecule has 2 nitrogen and oxygen atoms in total.